The van der Waals surface area contributed by atoms with Crippen molar-refractivity contribution in [3.8, 4) is 0 Å². The largest absolute Gasteiger partial charge is 0.478 e. The molecule has 0 aliphatic rings. The van der Waals surface area contributed by atoms with Gasteiger partial charge in [-0.1, -0.05) is 30.3 Å². The van der Waals surface area contributed by atoms with Crippen LogP contribution in [0.15, 0.2) is 51.1 Å². The van der Waals surface area contributed by atoms with Crippen molar-refractivity contribution in [2.75, 3.05) is 11.1 Å². The number of nitrogens with one attached hydrogen (secondary N) is 1. The first kappa shape index (κ1) is 24.4. The predicted octanol–water partition coefficient (Wildman–Crippen LogP) is 5.55. The number of carboxylic acid groups (broad SMARTS) is 1. The van der Waals surface area contributed by atoms with E-state index < -0.39 is 23.7 Å². The van der Waals surface area contributed by atoms with Crippen LogP contribution in [-0.2, 0) is 4.79 Å². The fourth-order valence-corrected chi connectivity index (χ4v) is 4.43. The van der Waals surface area contributed by atoms with Gasteiger partial charge in [0.25, 0.3) is 5.91 Å². The number of anilines is 1. The molecule has 0 aromatic heterocycles. The van der Waals surface area contributed by atoms with E-state index in [0.29, 0.717) is 22.5 Å². The van der Waals surface area contributed by atoms with Gasteiger partial charge in [-0.05, 0) is 49.1 Å². The van der Waals surface area contributed by atoms with Gasteiger partial charge in [-0.2, -0.15) is 13.2 Å². The summed E-state index contributed by atoms with van der Waals surface area (Å²) in [7, 11) is 0. The summed E-state index contributed by atoms with van der Waals surface area (Å²) in [6, 6.07) is 8.94. The molecule has 0 aliphatic carbocycles. The van der Waals surface area contributed by atoms with Crippen LogP contribution in [0.25, 0.3) is 0 Å². The molecule has 0 saturated carbocycles. The maximum absolute atomic E-state index is 12.9. The van der Waals surface area contributed by atoms with E-state index in [4.69, 9.17) is 16.7 Å². The SMILES string of the molecule is CCSc1ccc(NC(=O)[C@@](C)(O)C(F)(F)F)c(Cl)c1Sc1ccc(C(=O)O)cc1. The van der Waals surface area contributed by atoms with E-state index >= 15 is 0 Å². The number of carbonyl (C=O) groups is 2. The number of carbonyl (C=O) groups excluding carboxylic acids is 1. The number of carboxylic acids is 1. The van der Waals surface area contributed by atoms with Gasteiger partial charge in [0.1, 0.15) is 0 Å². The number of aliphatic hydroxyl groups is 1. The van der Waals surface area contributed by atoms with Gasteiger partial charge >= 0.3 is 12.1 Å². The first-order valence-electron chi connectivity index (χ1n) is 8.45. The molecule has 1 atom stereocenters. The minimum Gasteiger partial charge on any atom is -0.478 e. The Bertz CT molecular complexity index is 950. The molecule has 3 N–H and O–H groups in total. The van der Waals surface area contributed by atoms with Crippen molar-refractivity contribution < 1.29 is 33.0 Å². The standard InChI is InChI=1S/C19H17ClF3NO4S2/c1-3-29-13-9-8-12(24-17(27)18(2,28)19(21,22)23)14(20)15(13)30-11-6-4-10(5-7-11)16(25)26/h4-9,28H,3H2,1-2H3,(H,24,27)(H,25,26)/t18-/m1/s1. The van der Waals surface area contributed by atoms with Gasteiger partial charge < -0.3 is 15.5 Å². The zero-order valence-corrected chi connectivity index (χ0v) is 18.1. The third-order valence-corrected chi connectivity index (χ3v) is 6.63. The molecule has 0 aliphatic heterocycles. The van der Waals surface area contributed by atoms with Crippen molar-refractivity contribution >= 4 is 52.7 Å². The van der Waals surface area contributed by atoms with Crippen LogP contribution in [0.2, 0.25) is 5.02 Å². The Morgan fingerprint density at radius 2 is 1.73 bits per heavy atom. The van der Waals surface area contributed by atoms with Gasteiger partial charge in [0.15, 0.2) is 0 Å². The predicted molar refractivity (Wildman–Crippen MR) is 111 cm³/mol. The second kappa shape index (κ2) is 9.51. The van der Waals surface area contributed by atoms with Crippen LogP contribution in [0, 0.1) is 0 Å². The van der Waals surface area contributed by atoms with Gasteiger partial charge in [-0.15, -0.1) is 11.8 Å². The van der Waals surface area contributed by atoms with Gasteiger partial charge in [0.05, 0.1) is 16.3 Å². The number of hydrogen-bond acceptors (Lipinski definition) is 5. The Balaban J connectivity index is 2.39. The molecule has 0 radical (unpaired) electrons. The minimum atomic E-state index is -5.16. The number of aromatic carboxylic acids is 1. The smallest absolute Gasteiger partial charge is 0.426 e. The molecule has 2 aromatic rings. The molecule has 30 heavy (non-hydrogen) atoms. The molecule has 1 amide bonds. The molecular formula is C19H17ClF3NO4S2. The second-order valence-corrected chi connectivity index (χ2v) is 8.91. The lowest BCUT2D eigenvalue weighted by atomic mass is 10.1. The number of hydrogen-bond donors (Lipinski definition) is 3. The van der Waals surface area contributed by atoms with Crippen molar-refractivity contribution in [2.24, 2.45) is 0 Å². The van der Waals surface area contributed by atoms with Gasteiger partial charge in [0, 0.05) is 14.7 Å². The summed E-state index contributed by atoms with van der Waals surface area (Å²) in [6.45, 7) is 2.27. The average molecular weight is 480 g/mol. The Labute approximate surface area is 184 Å². The summed E-state index contributed by atoms with van der Waals surface area (Å²) in [6.07, 6.45) is -5.16. The second-order valence-electron chi connectivity index (χ2n) is 6.14. The lowest BCUT2D eigenvalue weighted by Crippen LogP contribution is -2.52. The normalized spacial score (nSPS) is 13.6. The van der Waals surface area contributed by atoms with Gasteiger partial charge in [0.2, 0.25) is 5.60 Å². The van der Waals surface area contributed by atoms with E-state index in [1.54, 1.807) is 18.2 Å². The Kier molecular flexibility index (Phi) is 7.73. The molecule has 2 aromatic carbocycles. The minimum absolute atomic E-state index is 0.00656. The summed E-state index contributed by atoms with van der Waals surface area (Å²) in [5, 5.41) is 20.6. The molecular weight excluding hydrogens is 463 g/mol. The van der Waals surface area contributed by atoms with Crippen molar-refractivity contribution in [1.82, 2.24) is 0 Å². The van der Waals surface area contributed by atoms with E-state index in [1.807, 2.05) is 12.2 Å². The number of rotatable bonds is 7. The van der Waals surface area contributed by atoms with Crippen molar-refractivity contribution in [3.63, 3.8) is 0 Å². The van der Waals surface area contributed by atoms with Crippen LogP contribution >= 0.6 is 35.1 Å². The number of thioether (sulfide) groups is 1. The third-order valence-electron chi connectivity index (χ3n) is 3.92. The fraction of sp³-hybridized carbons (Fsp3) is 0.263. The van der Waals surface area contributed by atoms with Crippen molar-refractivity contribution in [1.29, 1.82) is 0 Å². The van der Waals surface area contributed by atoms with E-state index in [0.717, 1.165) is 4.90 Å². The summed E-state index contributed by atoms with van der Waals surface area (Å²) in [4.78, 5) is 24.9. The van der Waals surface area contributed by atoms with E-state index in [9.17, 15) is 27.9 Å². The average Bonchev–Trinajstić information content (AvgIpc) is 2.66. The summed E-state index contributed by atoms with van der Waals surface area (Å²) in [5.74, 6) is -2.04. The first-order chi connectivity index (χ1) is 13.9. The van der Waals surface area contributed by atoms with E-state index in [-0.39, 0.29) is 16.3 Å². The Hall–Kier alpha value is -1.88. The van der Waals surface area contributed by atoms with Crippen LogP contribution in [0.1, 0.15) is 24.2 Å². The highest BCUT2D eigenvalue weighted by molar-refractivity contribution is 8.02. The molecule has 0 unspecified atom stereocenters. The number of benzene rings is 2. The fourth-order valence-electron chi connectivity index (χ4n) is 2.16. The first-order valence-corrected chi connectivity index (χ1v) is 10.6. The topological polar surface area (TPSA) is 86.6 Å². The quantitative estimate of drug-likeness (QED) is 0.451. The lowest BCUT2D eigenvalue weighted by molar-refractivity contribution is -0.242. The Morgan fingerprint density at radius 1 is 1.13 bits per heavy atom. The van der Waals surface area contributed by atoms with Crippen LogP contribution in [0.5, 0.6) is 0 Å². The molecule has 5 nitrogen and oxygen atoms in total. The molecule has 0 bridgehead atoms. The highest BCUT2D eigenvalue weighted by Gasteiger charge is 2.55. The third kappa shape index (κ3) is 5.42. The maximum Gasteiger partial charge on any atom is 0.426 e. The number of alkyl halides is 3. The molecule has 0 heterocycles. The van der Waals surface area contributed by atoms with Crippen molar-refractivity contribution in [2.45, 2.75) is 40.3 Å². The molecule has 0 saturated heterocycles. The van der Waals surface area contributed by atoms with E-state index in [1.165, 1.54) is 41.7 Å². The van der Waals surface area contributed by atoms with Crippen LogP contribution in [-0.4, -0.2) is 39.6 Å². The lowest BCUT2D eigenvalue weighted by Gasteiger charge is -2.25. The van der Waals surface area contributed by atoms with Gasteiger partial charge in [-0.25, -0.2) is 4.79 Å². The van der Waals surface area contributed by atoms with Crippen LogP contribution < -0.4 is 5.32 Å². The van der Waals surface area contributed by atoms with Crippen LogP contribution in [0.4, 0.5) is 18.9 Å². The maximum atomic E-state index is 12.9. The summed E-state index contributed by atoms with van der Waals surface area (Å²) >= 11 is 9.00. The van der Waals surface area contributed by atoms with Crippen molar-refractivity contribution in [3.05, 3.63) is 47.0 Å². The Morgan fingerprint density at radius 3 is 2.23 bits per heavy atom. The van der Waals surface area contributed by atoms with E-state index in [2.05, 4.69) is 0 Å². The molecule has 162 valence electrons. The highest BCUT2D eigenvalue weighted by atomic mass is 35.5. The molecule has 0 fully saturated rings. The zero-order chi connectivity index (χ0) is 22.7. The van der Waals surface area contributed by atoms with Crippen LogP contribution in [0.3, 0.4) is 0 Å². The van der Waals surface area contributed by atoms with Gasteiger partial charge in [-0.3, -0.25) is 4.79 Å². The summed E-state index contributed by atoms with van der Waals surface area (Å²) in [5.41, 5.74) is -3.58. The number of halogens is 4. The number of amides is 1. The zero-order valence-electron chi connectivity index (χ0n) is 15.7. The highest BCUT2D eigenvalue weighted by Crippen LogP contribution is 2.44. The molecule has 0 spiro atoms. The molecule has 2 rings (SSSR count). The molecule has 11 heteroatoms. The summed E-state index contributed by atoms with van der Waals surface area (Å²) < 4.78 is 38.7. The monoisotopic (exact) mass is 479 g/mol.